The van der Waals surface area contributed by atoms with Crippen molar-refractivity contribution < 1.29 is 18.0 Å². The maximum atomic E-state index is 13.3. The van der Waals surface area contributed by atoms with Gasteiger partial charge in [-0.25, -0.2) is 4.79 Å². The number of anilines is 1. The number of pyridine rings is 1. The highest BCUT2D eigenvalue weighted by Gasteiger charge is 2.38. The van der Waals surface area contributed by atoms with E-state index in [0.717, 1.165) is 24.3 Å². The van der Waals surface area contributed by atoms with Crippen LogP contribution in [-0.4, -0.2) is 57.2 Å². The van der Waals surface area contributed by atoms with E-state index in [-0.39, 0.29) is 18.0 Å². The number of alkyl halides is 2. The molecule has 4 heterocycles. The number of para-hydroxylation sites is 1. The van der Waals surface area contributed by atoms with E-state index in [4.69, 9.17) is 4.42 Å². The molecule has 0 bridgehead atoms. The third kappa shape index (κ3) is 3.63. The number of likely N-dealkylation sites (tertiary alicyclic amines) is 1. The lowest BCUT2D eigenvalue weighted by Gasteiger charge is -2.47. The number of carbonyl (C=O) groups excluding carboxylic acids is 1. The molecule has 160 valence electrons. The van der Waals surface area contributed by atoms with E-state index < -0.39 is 12.3 Å². The minimum Gasteiger partial charge on any atom is -0.415 e. The lowest BCUT2D eigenvalue weighted by atomic mass is 10.0. The summed E-state index contributed by atoms with van der Waals surface area (Å²) in [7, 11) is 2.04. The number of amides is 2. The van der Waals surface area contributed by atoms with E-state index in [1.165, 1.54) is 6.20 Å². The molecule has 1 fully saturated rings. The highest BCUT2D eigenvalue weighted by molar-refractivity contribution is 5.95. The highest BCUT2D eigenvalue weighted by Crippen LogP contribution is 2.32. The van der Waals surface area contributed by atoms with E-state index in [9.17, 15) is 13.6 Å². The summed E-state index contributed by atoms with van der Waals surface area (Å²) in [4.78, 5) is 23.5. The van der Waals surface area contributed by atoms with Crippen LogP contribution in [0.3, 0.4) is 0 Å². The molecule has 8 nitrogen and oxygen atoms in total. The Morgan fingerprint density at radius 1 is 1.16 bits per heavy atom. The van der Waals surface area contributed by atoms with Gasteiger partial charge in [0.05, 0.1) is 29.5 Å². The average Bonchev–Trinajstić information content (AvgIpc) is 3.25. The molecule has 2 aliphatic heterocycles. The molecule has 2 aromatic heterocycles. The summed E-state index contributed by atoms with van der Waals surface area (Å²) >= 11 is 0. The van der Waals surface area contributed by atoms with Gasteiger partial charge in [-0.2, -0.15) is 8.78 Å². The topological polar surface area (TPSA) is 78.6 Å². The van der Waals surface area contributed by atoms with Gasteiger partial charge in [-0.3, -0.25) is 9.88 Å². The number of fused-ring (bicyclic) bond motifs is 1. The molecular formula is C21H20F2N6O2. The Morgan fingerprint density at radius 2 is 1.97 bits per heavy atom. The first-order valence-corrected chi connectivity index (χ1v) is 9.91. The average molecular weight is 426 g/mol. The molecule has 1 saturated heterocycles. The molecule has 0 radical (unpaired) electrons. The highest BCUT2D eigenvalue weighted by atomic mass is 19.3. The lowest BCUT2D eigenvalue weighted by Crippen LogP contribution is -2.62. The Hall–Kier alpha value is -3.40. The Bertz CT molecular complexity index is 1100. The molecule has 0 unspecified atom stereocenters. The van der Waals surface area contributed by atoms with Crippen LogP contribution >= 0.6 is 0 Å². The number of hydrogen-bond donors (Lipinski definition) is 0. The van der Waals surface area contributed by atoms with Gasteiger partial charge in [0.1, 0.15) is 0 Å². The van der Waals surface area contributed by atoms with Crippen molar-refractivity contribution in [2.75, 3.05) is 25.0 Å². The van der Waals surface area contributed by atoms with Gasteiger partial charge >= 0.3 is 12.5 Å². The number of benzene rings is 1. The Kier molecular flexibility index (Phi) is 4.85. The SMILES string of the molecule is CN1CC(N2Cc3ccccc3N(Cc3ccc(-c4nnc(C(F)F)o4)cn3)C2=O)C1. The van der Waals surface area contributed by atoms with Gasteiger partial charge in [0.25, 0.3) is 5.89 Å². The van der Waals surface area contributed by atoms with Crippen molar-refractivity contribution in [1.82, 2.24) is 25.0 Å². The van der Waals surface area contributed by atoms with Gasteiger partial charge in [-0.05, 0) is 30.8 Å². The summed E-state index contributed by atoms with van der Waals surface area (Å²) in [6.07, 6.45) is -1.34. The van der Waals surface area contributed by atoms with Crippen LogP contribution in [0.2, 0.25) is 0 Å². The van der Waals surface area contributed by atoms with Gasteiger partial charge in [0, 0.05) is 25.8 Å². The van der Waals surface area contributed by atoms with Crippen LogP contribution in [0.4, 0.5) is 19.3 Å². The number of nitrogens with zero attached hydrogens (tertiary/aromatic N) is 6. The fourth-order valence-corrected chi connectivity index (χ4v) is 3.96. The van der Waals surface area contributed by atoms with E-state index in [0.29, 0.717) is 24.3 Å². The molecule has 5 rings (SSSR count). The minimum absolute atomic E-state index is 0.0194. The molecule has 0 atom stereocenters. The van der Waals surface area contributed by atoms with Gasteiger partial charge in [0.2, 0.25) is 5.89 Å². The second kappa shape index (κ2) is 7.69. The third-order valence-electron chi connectivity index (χ3n) is 5.60. The van der Waals surface area contributed by atoms with Crippen molar-refractivity contribution in [2.24, 2.45) is 0 Å². The van der Waals surface area contributed by atoms with Crippen LogP contribution in [-0.2, 0) is 13.1 Å². The first kappa shape index (κ1) is 19.6. The second-order valence-corrected chi connectivity index (χ2v) is 7.78. The molecule has 2 amide bonds. The van der Waals surface area contributed by atoms with E-state index in [2.05, 4.69) is 20.1 Å². The van der Waals surface area contributed by atoms with Crippen molar-refractivity contribution in [2.45, 2.75) is 25.6 Å². The largest absolute Gasteiger partial charge is 0.415 e. The monoisotopic (exact) mass is 426 g/mol. The first-order valence-electron chi connectivity index (χ1n) is 9.91. The number of halogens is 2. The molecule has 3 aromatic rings. The Balaban J connectivity index is 1.38. The summed E-state index contributed by atoms with van der Waals surface area (Å²) in [6, 6.07) is 11.4. The van der Waals surface area contributed by atoms with Crippen LogP contribution < -0.4 is 4.90 Å². The van der Waals surface area contributed by atoms with Crippen LogP contribution in [0.25, 0.3) is 11.5 Å². The van der Waals surface area contributed by atoms with Crippen LogP contribution in [0.5, 0.6) is 0 Å². The molecule has 31 heavy (non-hydrogen) atoms. The van der Waals surface area contributed by atoms with Crippen molar-refractivity contribution in [3.8, 4) is 11.5 Å². The number of likely N-dealkylation sites (N-methyl/N-ethyl adjacent to an activating group) is 1. The maximum Gasteiger partial charge on any atom is 0.325 e. The quantitative estimate of drug-likeness (QED) is 0.623. The molecule has 0 N–H and O–H groups in total. The molecule has 0 saturated carbocycles. The van der Waals surface area contributed by atoms with Crippen molar-refractivity contribution in [3.05, 3.63) is 59.7 Å². The summed E-state index contributed by atoms with van der Waals surface area (Å²) in [5.74, 6) is -0.745. The normalized spacial score (nSPS) is 17.2. The van der Waals surface area contributed by atoms with Gasteiger partial charge in [-0.1, -0.05) is 18.2 Å². The fraction of sp³-hybridized carbons (Fsp3) is 0.333. The second-order valence-electron chi connectivity index (χ2n) is 7.78. The van der Waals surface area contributed by atoms with Crippen molar-refractivity contribution in [1.29, 1.82) is 0 Å². The molecule has 10 heteroatoms. The zero-order chi connectivity index (χ0) is 21.5. The molecule has 1 aromatic carbocycles. The van der Waals surface area contributed by atoms with Gasteiger partial charge < -0.3 is 14.2 Å². The predicted molar refractivity (Wildman–Crippen MR) is 107 cm³/mol. The van der Waals surface area contributed by atoms with Crippen LogP contribution in [0.1, 0.15) is 23.6 Å². The van der Waals surface area contributed by atoms with E-state index >= 15 is 0 Å². The predicted octanol–water partition coefficient (Wildman–Crippen LogP) is 3.33. The molecular weight excluding hydrogens is 406 g/mol. The number of carbonyl (C=O) groups is 1. The summed E-state index contributed by atoms with van der Waals surface area (Å²) in [6.45, 7) is 2.61. The zero-order valence-corrected chi connectivity index (χ0v) is 16.8. The fourth-order valence-electron chi connectivity index (χ4n) is 3.96. The molecule has 2 aliphatic rings. The Labute approximate surface area is 177 Å². The van der Waals surface area contributed by atoms with Crippen molar-refractivity contribution in [3.63, 3.8) is 0 Å². The minimum atomic E-state index is -2.82. The summed E-state index contributed by atoms with van der Waals surface area (Å²) < 4.78 is 30.3. The Morgan fingerprint density at radius 3 is 2.65 bits per heavy atom. The number of rotatable bonds is 5. The summed E-state index contributed by atoms with van der Waals surface area (Å²) in [5.41, 5.74) is 3.07. The number of hydrogen-bond acceptors (Lipinski definition) is 6. The lowest BCUT2D eigenvalue weighted by molar-refractivity contribution is 0.0689. The van der Waals surface area contributed by atoms with Gasteiger partial charge in [0.15, 0.2) is 0 Å². The van der Waals surface area contributed by atoms with Crippen LogP contribution in [0.15, 0.2) is 47.0 Å². The zero-order valence-electron chi connectivity index (χ0n) is 16.8. The third-order valence-corrected chi connectivity index (χ3v) is 5.60. The van der Waals surface area contributed by atoms with Crippen molar-refractivity contribution >= 4 is 11.7 Å². The smallest absolute Gasteiger partial charge is 0.325 e. The van der Waals surface area contributed by atoms with Gasteiger partial charge in [-0.15, -0.1) is 10.2 Å². The summed E-state index contributed by atoms with van der Waals surface area (Å²) in [5, 5.41) is 6.96. The first-order chi connectivity index (χ1) is 15.0. The van der Waals surface area contributed by atoms with E-state index in [1.807, 2.05) is 36.2 Å². The van der Waals surface area contributed by atoms with Crippen LogP contribution in [0, 0.1) is 0 Å². The molecule has 0 spiro atoms. The standard InChI is InChI=1S/C21H20F2N6O2/c1-27-11-16(12-27)28-9-14-4-2-3-5-17(14)29(21(28)30)10-15-7-6-13(8-24-15)19-25-26-20(31-19)18(22)23/h2-8,16,18H,9-12H2,1H3. The maximum absolute atomic E-state index is 13.3. The number of aromatic nitrogens is 3. The van der Waals surface area contributed by atoms with E-state index in [1.54, 1.807) is 17.0 Å². The number of urea groups is 1. The molecule has 0 aliphatic carbocycles.